The SMILES string of the molecule is C=CCCOC(=O)[C@@H]1[C@H]2C(=O)N([C@@H](CO)CC(C)C)C(C(=O)N(CC=C)CCN3CCOCC3)C23CC[C@@]1(C)S3. The van der Waals surface area contributed by atoms with E-state index in [9.17, 15) is 19.5 Å². The van der Waals surface area contributed by atoms with E-state index in [-0.39, 0.29) is 36.9 Å². The van der Waals surface area contributed by atoms with E-state index in [2.05, 4.69) is 18.1 Å². The van der Waals surface area contributed by atoms with Crippen molar-refractivity contribution in [2.75, 3.05) is 59.2 Å². The Morgan fingerprint density at radius 3 is 2.60 bits per heavy atom. The van der Waals surface area contributed by atoms with Crippen molar-refractivity contribution >= 4 is 29.5 Å². The predicted molar refractivity (Wildman–Crippen MR) is 156 cm³/mol. The Morgan fingerprint density at radius 1 is 1.25 bits per heavy atom. The van der Waals surface area contributed by atoms with Crippen LogP contribution in [0.2, 0.25) is 0 Å². The van der Waals surface area contributed by atoms with Gasteiger partial charge in [-0.3, -0.25) is 19.3 Å². The van der Waals surface area contributed by atoms with Crippen LogP contribution in [-0.2, 0) is 23.9 Å². The zero-order valence-electron chi connectivity index (χ0n) is 24.4. The molecule has 10 heteroatoms. The average molecular weight is 578 g/mol. The third-order valence-electron chi connectivity index (χ3n) is 9.07. The molecule has 4 heterocycles. The normalized spacial score (nSPS) is 32.3. The first-order valence-corrected chi connectivity index (χ1v) is 15.6. The molecule has 2 amide bonds. The van der Waals surface area contributed by atoms with Gasteiger partial charge in [0, 0.05) is 37.5 Å². The summed E-state index contributed by atoms with van der Waals surface area (Å²) in [6.45, 7) is 18.3. The monoisotopic (exact) mass is 577 g/mol. The molecule has 4 saturated heterocycles. The molecule has 0 aromatic rings. The zero-order chi connectivity index (χ0) is 29.1. The topological polar surface area (TPSA) is 99.6 Å². The number of hydrogen-bond acceptors (Lipinski definition) is 8. The van der Waals surface area contributed by atoms with Crippen LogP contribution < -0.4 is 0 Å². The van der Waals surface area contributed by atoms with Gasteiger partial charge in [0.1, 0.15) is 6.04 Å². The van der Waals surface area contributed by atoms with Crippen molar-refractivity contribution in [2.24, 2.45) is 17.8 Å². The molecule has 224 valence electrons. The number of thioether (sulfide) groups is 1. The highest BCUT2D eigenvalue weighted by Gasteiger charge is 2.78. The second-order valence-electron chi connectivity index (χ2n) is 12.2. The summed E-state index contributed by atoms with van der Waals surface area (Å²) in [5.74, 6) is -1.78. The molecule has 4 rings (SSSR count). The Morgan fingerprint density at radius 2 is 1.98 bits per heavy atom. The molecular weight excluding hydrogens is 530 g/mol. The van der Waals surface area contributed by atoms with E-state index < -0.39 is 33.4 Å². The molecule has 2 unspecified atom stereocenters. The third-order valence-corrected chi connectivity index (χ3v) is 11.1. The van der Waals surface area contributed by atoms with Gasteiger partial charge in [0.05, 0.1) is 49.1 Å². The molecule has 0 saturated carbocycles. The van der Waals surface area contributed by atoms with E-state index in [0.29, 0.717) is 52.1 Å². The minimum atomic E-state index is -0.761. The molecule has 6 atom stereocenters. The number of esters is 1. The zero-order valence-corrected chi connectivity index (χ0v) is 25.2. The van der Waals surface area contributed by atoms with Gasteiger partial charge in [-0.25, -0.2) is 0 Å². The number of hydrogen-bond donors (Lipinski definition) is 1. The molecule has 4 aliphatic rings. The van der Waals surface area contributed by atoms with Crippen LogP contribution in [0.25, 0.3) is 0 Å². The van der Waals surface area contributed by atoms with Gasteiger partial charge in [-0.15, -0.1) is 24.9 Å². The standard InChI is InChI=1S/C30H47N3O6S/c1-6-8-16-39-28(37)24-23-26(35)33(22(20-34)19-21(3)4)25(30(23)10-9-29(24,5)40-30)27(36)32(11-7-2)13-12-31-14-17-38-18-15-31/h6-7,21-25,34H,1-2,8-20H2,3-5H3/t22-,23+,24+,25?,29-,30?/m1/s1. The Bertz CT molecular complexity index is 971. The van der Waals surface area contributed by atoms with Gasteiger partial charge in [0.15, 0.2) is 0 Å². The minimum Gasteiger partial charge on any atom is -0.465 e. The molecule has 1 spiro atoms. The van der Waals surface area contributed by atoms with Gasteiger partial charge in [0.25, 0.3) is 0 Å². The number of rotatable bonds is 14. The van der Waals surface area contributed by atoms with Gasteiger partial charge in [-0.05, 0) is 38.5 Å². The van der Waals surface area contributed by atoms with E-state index in [1.807, 2.05) is 20.8 Å². The second-order valence-corrected chi connectivity index (χ2v) is 14.1. The van der Waals surface area contributed by atoms with E-state index in [1.54, 1.807) is 33.7 Å². The molecule has 40 heavy (non-hydrogen) atoms. The van der Waals surface area contributed by atoms with Crippen molar-refractivity contribution in [3.05, 3.63) is 25.3 Å². The number of aliphatic hydroxyl groups is 1. The third kappa shape index (κ3) is 5.74. The molecule has 0 aromatic carbocycles. The van der Waals surface area contributed by atoms with Crippen LogP contribution >= 0.6 is 11.8 Å². The summed E-state index contributed by atoms with van der Waals surface area (Å²) < 4.78 is 9.89. The van der Waals surface area contributed by atoms with E-state index >= 15 is 0 Å². The molecule has 2 bridgehead atoms. The lowest BCUT2D eigenvalue weighted by atomic mass is 9.66. The number of carbonyl (C=O) groups is 3. The van der Waals surface area contributed by atoms with Crippen LogP contribution in [0, 0.1) is 17.8 Å². The van der Waals surface area contributed by atoms with Crippen molar-refractivity contribution in [3.8, 4) is 0 Å². The van der Waals surface area contributed by atoms with E-state index in [4.69, 9.17) is 9.47 Å². The Kier molecular flexibility index (Phi) is 10.1. The molecule has 0 radical (unpaired) electrons. The first-order chi connectivity index (χ1) is 19.1. The lowest BCUT2D eigenvalue weighted by Crippen LogP contribution is -2.58. The Balaban J connectivity index is 1.69. The molecule has 0 aromatic heterocycles. The van der Waals surface area contributed by atoms with Crippen LogP contribution in [0.1, 0.15) is 46.5 Å². The summed E-state index contributed by atoms with van der Waals surface area (Å²) in [4.78, 5) is 48.3. The minimum absolute atomic E-state index is 0.122. The van der Waals surface area contributed by atoms with Crippen molar-refractivity contribution in [1.82, 2.24) is 14.7 Å². The summed E-state index contributed by atoms with van der Waals surface area (Å²) in [6, 6.07) is -1.26. The van der Waals surface area contributed by atoms with E-state index in [1.165, 1.54) is 0 Å². The number of carbonyl (C=O) groups excluding carboxylic acids is 3. The molecular formula is C30H47N3O6S. The summed E-state index contributed by atoms with van der Waals surface area (Å²) in [5, 5.41) is 10.5. The lowest BCUT2D eigenvalue weighted by Gasteiger charge is -2.40. The number of ether oxygens (including phenoxy) is 2. The van der Waals surface area contributed by atoms with Gasteiger partial charge >= 0.3 is 5.97 Å². The molecule has 9 nitrogen and oxygen atoms in total. The molecule has 4 aliphatic heterocycles. The van der Waals surface area contributed by atoms with Crippen molar-refractivity contribution < 1.29 is 29.0 Å². The van der Waals surface area contributed by atoms with Crippen LogP contribution in [0.4, 0.5) is 0 Å². The number of fused-ring (bicyclic) bond motifs is 1. The highest BCUT2D eigenvalue weighted by Crippen LogP contribution is 2.71. The van der Waals surface area contributed by atoms with E-state index in [0.717, 1.165) is 19.5 Å². The maximum Gasteiger partial charge on any atom is 0.311 e. The summed E-state index contributed by atoms with van der Waals surface area (Å²) in [7, 11) is 0. The number of morpholine rings is 1. The summed E-state index contributed by atoms with van der Waals surface area (Å²) >= 11 is 1.63. The smallest absolute Gasteiger partial charge is 0.311 e. The fourth-order valence-electron chi connectivity index (χ4n) is 7.25. The van der Waals surface area contributed by atoms with Crippen LogP contribution in [0.15, 0.2) is 25.3 Å². The van der Waals surface area contributed by atoms with Gasteiger partial charge < -0.3 is 24.4 Å². The molecule has 0 aliphatic carbocycles. The molecule has 4 fully saturated rings. The maximum atomic E-state index is 14.6. The van der Waals surface area contributed by atoms with Gasteiger partial charge in [0.2, 0.25) is 11.8 Å². The van der Waals surface area contributed by atoms with Crippen molar-refractivity contribution in [1.29, 1.82) is 0 Å². The Hall–Kier alpha value is -1.88. The quantitative estimate of drug-likeness (QED) is 0.191. The highest BCUT2D eigenvalue weighted by molar-refractivity contribution is 8.02. The fourth-order valence-corrected chi connectivity index (χ4v) is 9.58. The Labute approximate surface area is 243 Å². The highest BCUT2D eigenvalue weighted by atomic mass is 32.2. The molecule has 1 N–H and O–H groups in total. The average Bonchev–Trinajstić information content (AvgIpc) is 3.50. The summed E-state index contributed by atoms with van der Waals surface area (Å²) in [6.07, 6.45) is 5.93. The van der Waals surface area contributed by atoms with Gasteiger partial charge in [-0.2, -0.15) is 0 Å². The maximum absolute atomic E-state index is 14.6. The fraction of sp³-hybridized carbons (Fsp3) is 0.767. The van der Waals surface area contributed by atoms with Crippen LogP contribution in [0.5, 0.6) is 0 Å². The van der Waals surface area contributed by atoms with Crippen LogP contribution in [0.3, 0.4) is 0 Å². The first-order valence-electron chi connectivity index (χ1n) is 14.7. The first kappa shape index (κ1) is 31.1. The van der Waals surface area contributed by atoms with Crippen molar-refractivity contribution in [3.63, 3.8) is 0 Å². The largest absolute Gasteiger partial charge is 0.465 e. The van der Waals surface area contributed by atoms with Crippen molar-refractivity contribution in [2.45, 2.75) is 68.0 Å². The number of nitrogens with zero attached hydrogens (tertiary/aromatic N) is 3. The van der Waals surface area contributed by atoms with Gasteiger partial charge in [-0.1, -0.05) is 26.0 Å². The second kappa shape index (κ2) is 13.0. The summed E-state index contributed by atoms with van der Waals surface area (Å²) in [5.41, 5.74) is 0. The van der Waals surface area contributed by atoms with Crippen LogP contribution in [-0.4, -0.2) is 118 Å². The number of amides is 2. The lowest BCUT2D eigenvalue weighted by molar-refractivity contribution is -0.156. The number of likely N-dealkylation sites (tertiary alicyclic amines) is 1. The number of aliphatic hydroxyl groups excluding tert-OH is 1. The predicted octanol–water partition coefficient (Wildman–Crippen LogP) is 2.34.